The first kappa shape index (κ1) is 10.1. The van der Waals surface area contributed by atoms with E-state index in [-0.39, 0.29) is 11.2 Å². The molecule has 5 heteroatoms. The van der Waals surface area contributed by atoms with Gasteiger partial charge in [0.1, 0.15) is 0 Å². The third-order valence-electron chi connectivity index (χ3n) is 1.73. The number of aromatic nitrogens is 2. The molecule has 1 rings (SSSR count). The summed E-state index contributed by atoms with van der Waals surface area (Å²) in [6.45, 7) is 2.32. The van der Waals surface area contributed by atoms with E-state index in [0.29, 0.717) is 12.1 Å². The summed E-state index contributed by atoms with van der Waals surface area (Å²) in [5, 5.41) is 0. The third kappa shape index (κ3) is 2.48. The molecule has 0 radical (unpaired) electrons. The summed E-state index contributed by atoms with van der Waals surface area (Å²) in [4.78, 5) is 24.4. The molecule has 0 spiro atoms. The van der Waals surface area contributed by atoms with Crippen LogP contribution in [0.15, 0.2) is 15.8 Å². The fourth-order valence-electron chi connectivity index (χ4n) is 0.974. The summed E-state index contributed by atoms with van der Waals surface area (Å²) in [5.74, 6) is 0.866. The molecule has 4 nitrogen and oxygen atoms in total. The minimum Gasteiger partial charge on any atom is -0.300 e. The Morgan fingerprint density at radius 1 is 1.54 bits per heavy atom. The van der Waals surface area contributed by atoms with Gasteiger partial charge in [-0.15, -0.1) is 0 Å². The third-order valence-corrected chi connectivity index (χ3v) is 2.32. The highest BCUT2D eigenvalue weighted by Crippen LogP contribution is 1.92. The highest BCUT2D eigenvalue weighted by Gasteiger charge is 1.99. The van der Waals surface area contributed by atoms with E-state index >= 15 is 0 Å². The molecule has 1 N–H and O–H groups in total. The topological polar surface area (TPSA) is 54.9 Å². The van der Waals surface area contributed by atoms with Gasteiger partial charge in [0.25, 0.3) is 5.56 Å². The monoisotopic (exact) mass is 200 g/mol. The predicted molar refractivity (Wildman–Crippen MR) is 54.4 cm³/mol. The zero-order valence-corrected chi connectivity index (χ0v) is 8.48. The van der Waals surface area contributed by atoms with Gasteiger partial charge in [-0.05, 0) is 13.2 Å². The van der Waals surface area contributed by atoms with Crippen LogP contribution in [0, 0.1) is 6.92 Å². The lowest BCUT2D eigenvalue weighted by Crippen LogP contribution is -2.31. The van der Waals surface area contributed by atoms with E-state index in [4.69, 9.17) is 0 Å². The molecule has 72 valence electrons. The first-order chi connectivity index (χ1) is 6.15. The largest absolute Gasteiger partial charge is 0.328 e. The quantitative estimate of drug-likeness (QED) is 0.758. The van der Waals surface area contributed by atoms with E-state index in [1.807, 2.05) is 6.26 Å². The van der Waals surface area contributed by atoms with E-state index < -0.39 is 0 Å². The van der Waals surface area contributed by atoms with Crippen LogP contribution in [0.5, 0.6) is 0 Å². The second kappa shape index (κ2) is 4.32. The van der Waals surface area contributed by atoms with Gasteiger partial charge in [0.2, 0.25) is 0 Å². The fourth-order valence-corrected chi connectivity index (χ4v) is 1.35. The molecule has 0 amide bonds. The second-order valence-electron chi connectivity index (χ2n) is 2.76. The SMILES string of the molecule is CSCCn1cc(C)c(=O)[nH]c1=O. The molecule has 0 bridgehead atoms. The van der Waals surface area contributed by atoms with Gasteiger partial charge >= 0.3 is 5.69 Å². The van der Waals surface area contributed by atoms with Crippen molar-refractivity contribution in [3.05, 3.63) is 32.6 Å². The van der Waals surface area contributed by atoms with Crippen LogP contribution >= 0.6 is 11.8 Å². The first-order valence-electron chi connectivity index (χ1n) is 3.94. The number of thioether (sulfide) groups is 1. The Balaban J connectivity index is 3.02. The van der Waals surface area contributed by atoms with Crippen molar-refractivity contribution in [2.75, 3.05) is 12.0 Å². The van der Waals surface area contributed by atoms with Crippen molar-refractivity contribution < 1.29 is 0 Å². The van der Waals surface area contributed by atoms with Gasteiger partial charge in [-0.3, -0.25) is 14.3 Å². The summed E-state index contributed by atoms with van der Waals surface area (Å²) in [5.41, 5.74) is -0.0595. The highest BCUT2D eigenvalue weighted by molar-refractivity contribution is 7.98. The number of hydrogen-bond donors (Lipinski definition) is 1. The van der Waals surface area contributed by atoms with Crippen LogP contribution in [0.25, 0.3) is 0 Å². The molecular weight excluding hydrogens is 188 g/mol. The summed E-state index contributed by atoms with van der Waals surface area (Å²) < 4.78 is 1.52. The van der Waals surface area contributed by atoms with E-state index in [1.165, 1.54) is 4.57 Å². The molecule has 1 aromatic rings. The molecule has 0 saturated heterocycles. The molecule has 1 aromatic heterocycles. The molecule has 0 fully saturated rings. The fraction of sp³-hybridized carbons (Fsp3) is 0.500. The van der Waals surface area contributed by atoms with Crippen LogP contribution in [0.2, 0.25) is 0 Å². The predicted octanol–water partition coefficient (Wildman–Crippen LogP) is 0.208. The maximum Gasteiger partial charge on any atom is 0.328 e. The molecule has 0 atom stereocenters. The molecule has 13 heavy (non-hydrogen) atoms. The van der Waals surface area contributed by atoms with E-state index in [0.717, 1.165) is 5.75 Å². The second-order valence-corrected chi connectivity index (χ2v) is 3.74. The minimum atomic E-state index is -0.329. The zero-order valence-electron chi connectivity index (χ0n) is 7.66. The molecule has 1 heterocycles. The Morgan fingerprint density at radius 2 is 2.23 bits per heavy atom. The van der Waals surface area contributed by atoms with E-state index in [2.05, 4.69) is 4.98 Å². The average Bonchev–Trinajstić information content (AvgIpc) is 2.09. The van der Waals surface area contributed by atoms with Gasteiger partial charge in [-0.1, -0.05) is 0 Å². The Morgan fingerprint density at radius 3 is 2.85 bits per heavy atom. The average molecular weight is 200 g/mol. The summed E-state index contributed by atoms with van der Waals surface area (Å²) in [6, 6.07) is 0. The van der Waals surface area contributed by atoms with Crippen LogP contribution < -0.4 is 11.2 Å². The Bertz CT molecular complexity index is 394. The maximum absolute atomic E-state index is 11.2. The summed E-state index contributed by atoms with van der Waals surface area (Å²) in [7, 11) is 0. The maximum atomic E-state index is 11.2. The summed E-state index contributed by atoms with van der Waals surface area (Å²) >= 11 is 1.66. The lowest BCUT2D eigenvalue weighted by molar-refractivity contribution is 0.694. The van der Waals surface area contributed by atoms with Crippen molar-refractivity contribution >= 4 is 11.8 Å². The Labute approximate surface area is 80.0 Å². The Hall–Kier alpha value is -0.970. The number of rotatable bonds is 3. The van der Waals surface area contributed by atoms with Gasteiger partial charge in [0, 0.05) is 24.1 Å². The molecule has 0 aliphatic rings. The summed E-state index contributed by atoms with van der Waals surface area (Å²) in [6.07, 6.45) is 3.57. The van der Waals surface area contributed by atoms with Crippen LogP contribution in [0.4, 0.5) is 0 Å². The number of aryl methyl sites for hydroxylation is 2. The number of hydrogen-bond acceptors (Lipinski definition) is 3. The van der Waals surface area contributed by atoms with Crippen LogP contribution in [0.1, 0.15) is 5.56 Å². The van der Waals surface area contributed by atoms with Crippen molar-refractivity contribution in [1.29, 1.82) is 0 Å². The number of H-pyrrole nitrogens is 1. The van der Waals surface area contributed by atoms with Gasteiger partial charge in [-0.2, -0.15) is 11.8 Å². The van der Waals surface area contributed by atoms with Crippen LogP contribution in [0.3, 0.4) is 0 Å². The number of aromatic amines is 1. The van der Waals surface area contributed by atoms with Crippen molar-refractivity contribution in [3.63, 3.8) is 0 Å². The normalized spacial score (nSPS) is 10.3. The van der Waals surface area contributed by atoms with Gasteiger partial charge in [0.15, 0.2) is 0 Å². The molecule has 0 aromatic carbocycles. The molecule has 0 aliphatic heterocycles. The molecular formula is C8H12N2O2S. The van der Waals surface area contributed by atoms with E-state index in [1.54, 1.807) is 24.9 Å². The zero-order chi connectivity index (χ0) is 9.84. The van der Waals surface area contributed by atoms with Crippen molar-refractivity contribution in [3.8, 4) is 0 Å². The number of nitrogens with zero attached hydrogens (tertiary/aromatic N) is 1. The van der Waals surface area contributed by atoms with Crippen LogP contribution in [-0.2, 0) is 6.54 Å². The first-order valence-corrected chi connectivity index (χ1v) is 5.34. The lowest BCUT2D eigenvalue weighted by Gasteiger charge is -2.03. The highest BCUT2D eigenvalue weighted by atomic mass is 32.2. The van der Waals surface area contributed by atoms with Crippen LogP contribution in [-0.4, -0.2) is 21.6 Å². The van der Waals surface area contributed by atoms with Crippen molar-refractivity contribution in [2.24, 2.45) is 0 Å². The molecule has 0 saturated carbocycles. The molecule has 0 unspecified atom stereocenters. The number of nitrogens with one attached hydrogen (secondary N) is 1. The van der Waals surface area contributed by atoms with E-state index in [9.17, 15) is 9.59 Å². The smallest absolute Gasteiger partial charge is 0.300 e. The Kier molecular flexibility index (Phi) is 3.36. The standard InChI is InChI=1S/C8H12N2O2S/c1-6-5-10(3-4-13-2)8(12)9-7(6)11/h5H,3-4H2,1-2H3,(H,9,11,12). The van der Waals surface area contributed by atoms with Gasteiger partial charge < -0.3 is 0 Å². The lowest BCUT2D eigenvalue weighted by atomic mass is 10.4. The minimum absolute atomic E-state index is 0.301. The van der Waals surface area contributed by atoms with Gasteiger partial charge in [0.05, 0.1) is 0 Å². The van der Waals surface area contributed by atoms with Crippen molar-refractivity contribution in [1.82, 2.24) is 9.55 Å². The van der Waals surface area contributed by atoms with Crippen molar-refractivity contribution in [2.45, 2.75) is 13.5 Å². The van der Waals surface area contributed by atoms with Gasteiger partial charge in [-0.25, -0.2) is 4.79 Å². The molecule has 0 aliphatic carbocycles.